The molecule has 1 saturated heterocycles. The monoisotopic (exact) mass is 556 g/mol. The molecule has 1 fully saturated rings. The van der Waals surface area contributed by atoms with Gasteiger partial charge >= 0.3 is 0 Å². The summed E-state index contributed by atoms with van der Waals surface area (Å²) in [4.78, 5) is 0. The van der Waals surface area contributed by atoms with Gasteiger partial charge in [0, 0.05) is 0 Å². The maximum Gasteiger partial charge on any atom is 0.229 e. The van der Waals surface area contributed by atoms with Crippen molar-refractivity contribution in [2.24, 2.45) is 0 Å². The van der Waals surface area contributed by atoms with Crippen LogP contribution in [0.4, 0.5) is 0 Å². The van der Waals surface area contributed by atoms with Gasteiger partial charge in [0.2, 0.25) is 6.29 Å². The van der Waals surface area contributed by atoms with Gasteiger partial charge in [-0.25, -0.2) is 0 Å². The molecule has 1 heterocycles. The number of methoxy groups -OCH3 is 1. The van der Waals surface area contributed by atoms with Crippen LogP contribution in [0, 0.1) is 0 Å². The molecule has 7 heteroatoms. The van der Waals surface area contributed by atoms with Crippen molar-refractivity contribution in [2.45, 2.75) is 50.5 Å². The van der Waals surface area contributed by atoms with E-state index in [-0.39, 0.29) is 6.61 Å². The minimum absolute atomic E-state index is 0.279. The molecule has 214 valence electrons. The molecule has 41 heavy (non-hydrogen) atoms. The lowest BCUT2D eigenvalue weighted by Gasteiger charge is -2.45. The van der Waals surface area contributed by atoms with Gasteiger partial charge < -0.3 is 33.5 Å². The van der Waals surface area contributed by atoms with Gasteiger partial charge in [-0.2, -0.15) is 0 Å². The molecule has 4 aromatic carbocycles. The lowest BCUT2D eigenvalue weighted by molar-refractivity contribution is -0.308. The summed E-state index contributed by atoms with van der Waals surface area (Å²) in [5.41, 5.74) is 3.02. The van der Waals surface area contributed by atoms with Gasteiger partial charge in [0.25, 0.3) is 0 Å². The fourth-order valence-corrected chi connectivity index (χ4v) is 4.78. The summed E-state index contributed by atoms with van der Waals surface area (Å²) in [6.45, 7) is 0.692. The highest BCUT2D eigenvalue weighted by molar-refractivity contribution is 5.31. The van der Waals surface area contributed by atoms with Crippen molar-refractivity contribution in [2.75, 3.05) is 13.7 Å². The van der Waals surface area contributed by atoms with Crippen LogP contribution in [-0.4, -0.2) is 49.5 Å². The van der Waals surface area contributed by atoms with Crippen molar-refractivity contribution in [3.8, 4) is 11.5 Å². The number of hydrogen-bond donors (Lipinski definition) is 1. The lowest BCUT2D eigenvalue weighted by atomic mass is 9.97. The van der Waals surface area contributed by atoms with Gasteiger partial charge in [-0.3, -0.25) is 0 Å². The Bertz CT molecular complexity index is 1290. The largest absolute Gasteiger partial charge is 0.497 e. The minimum Gasteiger partial charge on any atom is -0.497 e. The molecule has 1 N–H and O–H groups in total. The molecule has 0 radical (unpaired) electrons. The van der Waals surface area contributed by atoms with E-state index in [2.05, 4.69) is 0 Å². The number of benzene rings is 4. The predicted octanol–water partition coefficient (Wildman–Crippen LogP) is 5.55. The Kier molecular flexibility index (Phi) is 10.4. The fourth-order valence-electron chi connectivity index (χ4n) is 4.78. The number of hydrogen-bond acceptors (Lipinski definition) is 7. The van der Waals surface area contributed by atoms with Crippen molar-refractivity contribution in [3.05, 3.63) is 132 Å². The molecule has 5 atom stereocenters. The standard InChI is InChI=1S/C34H36O7/c1-36-28-17-19-29(20-18-28)40-34-33(39-24-27-15-9-4-10-16-27)32(38-23-26-13-7-3-8-14-26)31(30(21-35)41-34)37-22-25-11-5-2-6-12-25/h2-20,30-35H,21-24H2,1H3/t30-,31+,32+,33-,34-/m1/s1. The minimum atomic E-state index is -0.874. The average molecular weight is 557 g/mol. The lowest BCUT2D eigenvalue weighted by Crippen LogP contribution is -2.62. The molecule has 0 saturated carbocycles. The molecule has 7 nitrogen and oxygen atoms in total. The highest BCUT2D eigenvalue weighted by Crippen LogP contribution is 2.32. The van der Waals surface area contributed by atoms with Crippen LogP contribution >= 0.6 is 0 Å². The molecule has 1 aliphatic heterocycles. The van der Waals surface area contributed by atoms with Crippen LogP contribution in [0.15, 0.2) is 115 Å². The summed E-state index contributed by atoms with van der Waals surface area (Å²) in [6.07, 6.45) is -3.50. The third kappa shape index (κ3) is 7.94. The van der Waals surface area contributed by atoms with Crippen LogP contribution in [0.3, 0.4) is 0 Å². The van der Waals surface area contributed by atoms with E-state index in [0.717, 1.165) is 16.7 Å². The first kappa shape index (κ1) is 28.8. The zero-order chi connectivity index (χ0) is 28.3. The topological polar surface area (TPSA) is 75.6 Å². The molecule has 4 aromatic rings. The van der Waals surface area contributed by atoms with Gasteiger partial charge in [0.15, 0.2) is 0 Å². The van der Waals surface area contributed by atoms with E-state index in [1.807, 2.05) is 115 Å². The molecule has 0 spiro atoms. The third-order valence-electron chi connectivity index (χ3n) is 6.94. The molecule has 5 rings (SSSR count). The van der Waals surface area contributed by atoms with Crippen molar-refractivity contribution in [1.82, 2.24) is 0 Å². The first-order valence-electron chi connectivity index (χ1n) is 13.8. The summed E-state index contributed by atoms with van der Waals surface area (Å²) in [5, 5.41) is 10.4. The Morgan fingerprint density at radius 2 is 1.00 bits per heavy atom. The van der Waals surface area contributed by atoms with E-state index in [1.165, 1.54) is 0 Å². The number of aliphatic hydroxyl groups is 1. The van der Waals surface area contributed by atoms with Crippen LogP contribution in [0.5, 0.6) is 11.5 Å². The fraction of sp³-hybridized carbons (Fsp3) is 0.294. The first-order valence-corrected chi connectivity index (χ1v) is 13.8. The average Bonchev–Trinajstić information content (AvgIpc) is 3.04. The van der Waals surface area contributed by atoms with Crippen LogP contribution in [0.1, 0.15) is 16.7 Å². The molecule has 0 amide bonds. The van der Waals surface area contributed by atoms with Crippen molar-refractivity contribution in [1.29, 1.82) is 0 Å². The SMILES string of the molecule is COc1ccc(O[C@@H]2O[C@H](CO)[C@H](OCc3ccccc3)[C@H](OCc3ccccc3)[C@H]2OCc2ccccc2)cc1. The summed E-state index contributed by atoms with van der Waals surface area (Å²) < 4.78 is 37.5. The van der Waals surface area contributed by atoms with Gasteiger partial charge in [-0.1, -0.05) is 91.0 Å². The Labute approximate surface area is 241 Å². The zero-order valence-electron chi connectivity index (χ0n) is 23.1. The van der Waals surface area contributed by atoms with Crippen LogP contribution in [-0.2, 0) is 38.8 Å². The number of aliphatic hydroxyl groups excluding tert-OH is 1. The van der Waals surface area contributed by atoms with E-state index in [4.69, 9.17) is 28.4 Å². The zero-order valence-corrected chi connectivity index (χ0v) is 23.1. The molecule has 0 aliphatic carbocycles. The molecule has 0 aromatic heterocycles. The van der Waals surface area contributed by atoms with Gasteiger partial charge in [-0.15, -0.1) is 0 Å². The maximum absolute atomic E-state index is 10.4. The smallest absolute Gasteiger partial charge is 0.229 e. The summed E-state index contributed by atoms with van der Waals surface area (Å²) in [5.74, 6) is 1.29. The van der Waals surface area contributed by atoms with E-state index in [9.17, 15) is 5.11 Å². The summed E-state index contributed by atoms with van der Waals surface area (Å²) in [6, 6.07) is 37.0. The van der Waals surface area contributed by atoms with Crippen molar-refractivity contribution in [3.63, 3.8) is 0 Å². The highest BCUT2D eigenvalue weighted by atomic mass is 16.7. The second-order valence-electron chi connectivity index (χ2n) is 9.80. The van der Waals surface area contributed by atoms with Crippen molar-refractivity contribution < 1.29 is 33.5 Å². The Hall–Kier alpha value is -3.72. The number of ether oxygens (including phenoxy) is 6. The number of rotatable bonds is 13. The molecular weight excluding hydrogens is 520 g/mol. The van der Waals surface area contributed by atoms with Crippen molar-refractivity contribution >= 4 is 0 Å². The summed E-state index contributed by atoms with van der Waals surface area (Å²) in [7, 11) is 1.61. The molecular formula is C34H36O7. The maximum atomic E-state index is 10.4. The van der Waals surface area contributed by atoms with Crippen LogP contribution in [0.25, 0.3) is 0 Å². The second-order valence-corrected chi connectivity index (χ2v) is 9.80. The van der Waals surface area contributed by atoms with Crippen LogP contribution in [0.2, 0.25) is 0 Å². The molecule has 0 unspecified atom stereocenters. The van der Waals surface area contributed by atoms with E-state index >= 15 is 0 Å². The first-order chi connectivity index (χ1) is 20.2. The highest BCUT2D eigenvalue weighted by Gasteiger charge is 2.49. The van der Waals surface area contributed by atoms with E-state index < -0.39 is 30.7 Å². The third-order valence-corrected chi connectivity index (χ3v) is 6.94. The van der Waals surface area contributed by atoms with Gasteiger partial charge in [-0.05, 0) is 41.0 Å². The van der Waals surface area contributed by atoms with Gasteiger partial charge in [0.1, 0.15) is 35.9 Å². The van der Waals surface area contributed by atoms with Crippen LogP contribution < -0.4 is 9.47 Å². The predicted molar refractivity (Wildman–Crippen MR) is 154 cm³/mol. The van der Waals surface area contributed by atoms with Gasteiger partial charge in [0.05, 0.1) is 33.5 Å². The normalized spacial score (nSPS) is 22.2. The Morgan fingerprint density at radius 1 is 0.561 bits per heavy atom. The molecule has 0 bridgehead atoms. The summed E-state index contributed by atoms with van der Waals surface area (Å²) >= 11 is 0. The second kappa shape index (κ2) is 14.8. The van der Waals surface area contributed by atoms with E-state index in [0.29, 0.717) is 31.3 Å². The Balaban J connectivity index is 1.44. The molecule has 1 aliphatic rings. The Morgan fingerprint density at radius 3 is 1.46 bits per heavy atom. The quantitative estimate of drug-likeness (QED) is 0.232. The van der Waals surface area contributed by atoms with E-state index in [1.54, 1.807) is 7.11 Å².